The molecule has 4 atom stereocenters. The Hall–Kier alpha value is -15.0. The van der Waals surface area contributed by atoms with Gasteiger partial charge in [-0.25, -0.2) is 73.5 Å². The molecule has 5 aromatic carbocycles. The van der Waals surface area contributed by atoms with Gasteiger partial charge in [0.1, 0.15) is 58.8 Å². The van der Waals surface area contributed by atoms with Gasteiger partial charge in [-0.1, -0.05) is 48.5 Å². The smallest absolute Gasteiger partial charge is 0.469 e. The molecular formula is C94H107BBr2ClF8N23O21. The van der Waals surface area contributed by atoms with E-state index >= 15 is 0 Å². The minimum atomic E-state index is -1.21. The number of alkyl halides is 1. The van der Waals surface area contributed by atoms with Gasteiger partial charge in [0.15, 0.2) is 46.5 Å². The molecule has 44 nitrogen and oxygen atoms in total. The lowest BCUT2D eigenvalue weighted by Crippen LogP contribution is -2.41. The van der Waals surface area contributed by atoms with Crippen LogP contribution in [-0.4, -0.2) is 261 Å². The van der Waals surface area contributed by atoms with Crippen molar-refractivity contribution in [3.63, 3.8) is 0 Å². The van der Waals surface area contributed by atoms with Crippen LogP contribution < -0.4 is 46.7 Å². The third-order valence-electron chi connectivity index (χ3n) is 20.5. The maximum Gasteiger partial charge on any atom is 0.496 e. The summed E-state index contributed by atoms with van der Waals surface area (Å²) in [6, 6.07) is 29.4. The van der Waals surface area contributed by atoms with Crippen LogP contribution >= 0.6 is 43.5 Å². The minimum Gasteiger partial charge on any atom is -0.469 e. The highest BCUT2D eigenvalue weighted by Crippen LogP contribution is 2.39. The number of tetrazole rings is 3. The maximum atomic E-state index is 15.0. The number of aryl methyl sites for hydroxylation is 3. The molecule has 6 aromatic heterocycles. The normalized spacial score (nSPS) is 15.4. The van der Waals surface area contributed by atoms with E-state index in [-0.39, 0.29) is 118 Å². The van der Waals surface area contributed by atoms with Crippen molar-refractivity contribution in [3.05, 3.63) is 195 Å². The Morgan fingerprint density at radius 3 is 1.18 bits per heavy atom. The first-order chi connectivity index (χ1) is 70.4. The van der Waals surface area contributed by atoms with Crippen LogP contribution in [0.2, 0.25) is 0 Å². The number of carbonyl (C=O) groups excluding carboxylic acids is 9. The largest absolute Gasteiger partial charge is 0.496 e. The second kappa shape index (κ2) is 52.8. The summed E-state index contributed by atoms with van der Waals surface area (Å²) in [6.07, 6.45) is -4.41. The second-order valence-electron chi connectivity index (χ2n) is 36.2. The number of carbonyl (C=O) groups is 9. The van der Waals surface area contributed by atoms with Crippen LogP contribution in [-0.2, 0) is 84.5 Å². The number of nitrogens with one attached hydrogen (secondary N) is 5. The molecule has 0 aliphatic carbocycles. The topological polar surface area (TPSA) is 515 Å². The number of amides is 8. The van der Waals surface area contributed by atoms with Crippen molar-refractivity contribution >= 4 is 134 Å². The summed E-state index contributed by atoms with van der Waals surface area (Å²) in [7, 11) is 7.07. The first kappa shape index (κ1) is 119. The fourth-order valence-corrected chi connectivity index (χ4v) is 13.4. The molecule has 0 spiro atoms. The van der Waals surface area contributed by atoms with Crippen LogP contribution in [0.15, 0.2) is 143 Å². The number of aliphatic hydroxyl groups excluding tert-OH is 1. The number of cyclic esters (lactones) is 3. The molecule has 11 aromatic rings. The first-order valence-corrected chi connectivity index (χ1v) is 47.2. The number of esters is 1. The molecular weight excluding hydrogens is 2150 g/mol. The maximum absolute atomic E-state index is 15.0. The van der Waals surface area contributed by atoms with Gasteiger partial charge in [0.25, 0.3) is 0 Å². The van der Waals surface area contributed by atoms with Crippen LogP contribution in [0, 0.1) is 46.5 Å². The van der Waals surface area contributed by atoms with Crippen LogP contribution in [0.4, 0.5) is 96.2 Å². The molecule has 4 aliphatic rings. The van der Waals surface area contributed by atoms with Crippen LogP contribution in [0.1, 0.15) is 102 Å². The predicted molar refractivity (Wildman–Crippen MR) is 531 cm³/mol. The van der Waals surface area contributed by atoms with Crippen molar-refractivity contribution in [1.29, 1.82) is 0 Å². The highest BCUT2D eigenvalue weighted by Gasteiger charge is 2.52. The van der Waals surface area contributed by atoms with Gasteiger partial charge in [0.05, 0.1) is 130 Å². The molecule has 56 heteroatoms. The lowest BCUT2D eigenvalue weighted by atomic mass is 9.80. The number of benzene rings is 5. The van der Waals surface area contributed by atoms with Gasteiger partial charge in [-0.15, -0.1) is 42.2 Å². The lowest BCUT2D eigenvalue weighted by molar-refractivity contribution is -0.138. The van der Waals surface area contributed by atoms with E-state index in [1.807, 2.05) is 45.9 Å². The fraction of sp³-hybridized carbons (Fsp3) is 0.394. The summed E-state index contributed by atoms with van der Waals surface area (Å²) in [4.78, 5) is 123. The van der Waals surface area contributed by atoms with Crippen molar-refractivity contribution < 1.29 is 135 Å². The van der Waals surface area contributed by atoms with E-state index in [0.717, 1.165) is 25.7 Å². The number of hydrogen-bond acceptors (Lipinski definition) is 33. The van der Waals surface area contributed by atoms with Gasteiger partial charge in [-0.2, -0.15) is 14.4 Å². The molecule has 6 N–H and O–H groups in total. The van der Waals surface area contributed by atoms with Crippen molar-refractivity contribution in [1.82, 2.24) is 96.8 Å². The number of anilines is 4. The fourth-order valence-electron chi connectivity index (χ4n) is 12.7. The number of halogens is 11. The molecule has 8 amide bonds. The summed E-state index contributed by atoms with van der Waals surface area (Å²) in [5.74, 6) is -8.20. The molecule has 0 saturated carbocycles. The standard InChI is InChI=1S/C22H23F2N7O4.C19H17F2N7O4.C15H17BrF2N2O4.C14H10BrF2NO2.C13H18BN5O2.C8H16ClNO3.C3H6O2/c1-22(2,3)35-20(32)26-10-13-11-31(21(33)34-13)16-8-6-14(17(23)18(16)24)12-5-7-15(25-9-12)19-27-29-30(4)28-19;1-27-25-17(24-26-27)13-5-3-10(7-22-13)12-4-6-14(16(21)15(12)20)28-9-11(32-19(28)30)8-23-18(29)31-2;1-15(2,3)24-13(21)19-6-8-7-20(14(22)23-8)10-5-4-9(16)11(17)12(10)18;15-10-6-7-11(13(17)12(10)16)18-14(19)20-8-9-4-2-1-3-5-9;1-12(2)13(3,4)21-14(20-12)9-6-7-10(15-8-9)11-16-18-19(5)17-11;1-8(2,3)13-7(12)10-5-6(11)4-9;1-3(4)5-2/h5-9,13H,10-11H2,1-4H3,(H,26,32);3-7,11H,8-9H2,1-2H3,(H,23,29);4-5,8H,6-7H2,1-3H3,(H,19,21);1-7H,8H2,(H,18,19);6-8H,1-5H3;6,11H,4-5H2,1-3H3,(H,10,12);1-2H3/t13-;11-;8-;;;6-;/m000..1./s1. The summed E-state index contributed by atoms with van der Waals surface area (Å²) < 4.78 is 170. The number of hydrogen-bond donors (Lipinski definition) is 6. The average molecular weight is 2250 g/mol. The summed E-state index contributed by atoms with van der Waals surface area (Å²) in [6.45, 7) is 25.0. The third kappa shape index (κ3) is 34.6. The summed E-state index contributed by atoms with van der Waals surface area (Å²) in [5.41, 5.74) is 0.148. The van der Waals surface area contributed by atoms with Gasteiger partial charge in [-0.05, 0) is 210 Å². The van der Waals surface area contributed by atoms with Gasteiger partial charge >= 0.3 is 61.8 Å². The van der Waals surface area contributed by atoms with E-state index in [4.69, 9.17) is 59.2 Å². The summed E-state index contributed by atoms with van der Waals surface area (Å²) >= 11 is 11.0. The van der Waals surface area contributed by atoms with Crippen molar-refractivity contribution in [3.8, 4) is 56.8 Å². The highest BCUT2D eigenvalue weighted by atomic mass is 79.9. The molecule has 0 unspecified atom stereocenters. The van der Waals surface area contributed by atoms with E-state index < -0.39 is 144 Å². The van der Waals surface area contributed by atoms with E-state index in [0.29, 0.717) is 45.7 Å². The number of alkyl carbamates (subject to hydrolysis) is 4. The van der Waals surface area contributed by atoms with E-state index in [9.17, 15) is 78.3 Å². The average Bonchev–Trinajstić information content (AvgIpc) is 1.61. The monoisotopic (exact) mass is 2250 g/mol. The van der Waals surface area contributed by atoms with E-state index in [1.54, 1.807) is 138 Å². The Bertz CT molecular complexity index is 6530. The van der Waals surface area contributed by atoms with E-state index in [2.05, 4.69) is 129 Å². The zero-order valence-electron chi connectivity index (χ0n) is 84.3. The molecule has 4 aliphatic heterocycles. The van der Waals surface area contributed by atoms with Crippen molar-refractivity contribution in [2.75, 3.05) is 85.9 Å². The van der Waals surface area contributed by atoms with Crippen LogP contribution in [0.25, 0.3) is 56.8 Å². The Balaban J connectivity index is 0.000000202. The molecule has 0 bridgehead atoms. The van der Waals surface area contributed by atoms with Gasteiger partial charge in [0.2, 0.25) is 17.5 Å². The number of aliphatic hydroxyl groups is 1. The van der Waals surface area contributed by atoms with Crippen molar-refractivity contribution in [2.45, 2.75) is 156 Å². The summed E-state index contributed by atoms with van der Waals surface area (Å²) in [5, 5.41) is 56.0. The first-order valence-electron chi connectivity index (χ1n) is 45.1. The Morgan fingerprint density at radius 2 is 0.833 bits per heavy atom. The zero-order valence-corrected chi connectivity index (χ0v) is 88.2. The lowest BCUT2D eigenvalue weighted by Gasteiger charge is -2.32. The Morgan fingerprint density at radius 1 is 0.473 bits per heavy atom. The zero-order chi connectivity index (χ0) is 111. The molecule has 4 fully saturated rings. The number of ether oxygens (including phenoxy) is 9. The van der Waals surface area contributed by atoms with E-state index in [1.165, 1.54) is 96.5 Å². The highest BCUT2D eigenvalue weighted by molar-refractivity contribution is 9.10. The third-order valence-corrected chi connectivity index (χ3v) is 22.1. The predicted octanol–water partition coefficient (Wildman–Crippen LogP) is 14.9. The molecule has 150 heavy (non-hydrogen) atoms. The molecule has 804 valence electrons. The quantitative estimate of drug-likeness (QED) is 0.00971. The van der Waals surface area contributed by atoms with Gasteiger partial charge in [0, 0.05) is 59.8 Å². The number of nitrogens with zero attached hydrogens (tertiary/aromatic N) is 18. The van der Waals surface area contributed by atoms with Gasteiger partial charge < -0.3 is 78.3 Å². The SMILES string of the molecule is CC(C)(C)OC(=O)NC[C@H](O)CCl.CC(C)(C)OC(=O)NC[C@H]1CN(c2ccc(Br)c(F)c2F)C(=O)O1.COC(=O)NC[C@H]1CN(c2ccc(-c3ccc(-c4nnn(C)n4)nc3)c(F)c2F)C(=O)O1.COC(C)=O.Cn1nnc(-c2ccc(-c3ccc(N4C[C@H](CNC(=O)OC(C)(C)C)OC4=O)c(F)c3F)cn2)n1.Cn1nnc(-c2ccc(B3OC(C)(C)C(C)(C)O3)cn2)n1.O=C(Nc1ccc(Br)c(F)c1F)OCc1ccccc1. The molecule has 15 rings (SSSR count). The van der Waals surface area contributed by atoms with Crippen LogP contribution in [0.5, 0.6) is 0 Å². The number of aromatic nitrogens is 15. The van der Waals surface area contributed by atoms with Gasteiger partial charge in [-0.3, -0.25) is 39.8 Å². The number of rotatable bonds is 21. The number of pyridine rings is 3. The van der Waals surface area contributed by atoms with Crippen molar-refractivity contribution in [2.24, 2.45) is 21.1 Å². The van der Waals surface area contributed by atoms with Crippen LogP contribution in [0.3, 0.4) is 0 Å². The molecule has 0 radical (unpaired) electrons. The Kier molecular flexibility index (Phi) is 41.7. The Labute approximate surface area is 875 Å². The minimum absolute atomic E-state index is 0.00220. The molecule has 4 saturated heterocycles. The number of methoxy groups -OCH3 is 2. The molecule has 10 heterocycles. The second-order valence-corrected chi connectivity index (χ2v) is 38.3.